The average molecular weight is 603 g/mol. The number of aryl methyl sites for hydroxylation is 1. The van der Waals surface area contributed by atoms with E-state index in [1.165, 1.54) is 6.07 Å². The van der Waals surface area contributed by atoms with Gasteiger partial charge >= 0.3 is 6.01 Å². The summed E-state index contributed by atoms with van der Waals surface area (Å²) in [5, 5.41) is 5.48. The number of anilines is 1. The third-order valence-corrected chi connectivity index (χ3v) is 10.7. The first-order valence-electron chi connectivity index (χ1n) is 15.7. The van der Waals surface area contributed by atoms with Gasteiger partial charge < -0.3 is 19.7 Å². The molecule has 2 aromatic heterocycles. The highest BCUT2D eigenvalue weighted by atomic mass is 19.1. The summed E-state index contributed by atoms with van der Waals surface area (Å²) in [4.78, 5) is 18.7. The zero-order valence-corrected chi connectivity index (χ0v) is 24.5. The monoisotopic (exact) mass is 602 g/mol. The van der Waals surface area contributed by atoms with E-state index in [-0.39, 0.29) is 47.6 Å². The molecule has 8 nitrogen and oxygen atoms in total. The predicted molar refractivity (Wildman–Crippen MR) is 160 cm³/mol. The van der Waals surface area contributed by atoms with E-state index in [0.717, 1.165) is 37.6 Å². The van der Waals surface area contributed by atoms with Crippen LogP contribution in [0.15, 0.2) is 30.3 Å². The van der Waals surface area contributed by atoms with E-state index in [0.29, 0.717) is 59.9 Å². The maximum absolute atomic E-state index is 16.9. The maximum atomic E-state index is 16.9. The summed E-state index contributed by atoms with van der Waals surface area (Å²) < 4.78 is 58.8. The van der Waals surface area contributed by atoms with Crippen LogP contribution in [0.25, 0.3) is 32.9 Å². The number of nitrogens with zero attached hydrogens (tertiary/aromatic N) is 5. The molecule has 0 saturated carbocycles. The number of benzene rings is 2. The van der Waals surface area contributed by atoms with E-state index >= 15 is 4.39 Å². The van der Waals surface area contributed by atoms with Gasteiger partial charge in [-0.25, -0.2) is 18.2 Å². The van der Waals surface area contributed by atoms with E-state index in [1.807, 2.05) is 12.1 Å². The summed E-state index contributed by atoms with van der Waals surface area (Å²) >= 11 is 0. The highest BCUT2D eigenvalue weighted by Crippen LogP contribution is 2.45. The van der Waals surface area contributed by atoms with Crippen molar-refractivity contribution in [2.24, 2.45) is 0 Å². The van der Waals surface area contributed by atoms with Crippen LogP contribution in [0.1, 0.15) is 37.7 Å². The Hall–Kier alpha value is -3.70. The second kappa shape index (κ2) is 9.65. The summed E-state index contributed by atoms with van der Waals surface area (Å²) in [7, 11) is 0. The Labute approximate surface area is 252 Å². The van der Waals surface area contributed by atoms with Crippen molar-refractivity contribution in [2.75, 3.05) is 37.7 Å². The molecule has 4 aromatic rings. The minimum absolute atomic E-state index is 0.0275. The first-order chi connectivity index (χ1) is 21.4. The van der Waals surface area contributed by atoms with Crippen molar-refractivity contribution in [3.05, 3.63) is 47.5 Å². The van der Waals surface area contributed by atoms with Crippen molar-refractivity contribution in [3.8, 4) is 23.1 Å². The molecule has 2 bridgehead atoms. The molecule has 7 heterocycles. The molecule has 9 rings (SSSR count). The first kappa shape index (κ1) is 26.7. The number of aromatic nitrogens is 3. The third kappa shape index (κ3) is 3.87. The molecule has 11 heteroatoms. The van der Waals surface area contributed by atoms with Gasteiger partial charge in [-0.05, 0) is 61.6 Å². The molecule has 44 heavy (non-hydrogen) atoms. The smallest absolute Gasteiger partial charge is 0.319 e. The summed E-state index contributed by atoms with van der Waals surface area (Å²) in [6.07, 6.45) is 3.41. The van der Waals surface area contributed by atoms with Gasteiger partial charge in [-0.3, -0.25) is 4.90 Å². The van der Waals surface area contributed by atoms with E-state index in [2.05, 4.69) is 20.1 Å². The van der Waals surface area contributed by atoms with Crippen molar-refractivity contribution in [1.29, 1.82) is 0 Å². The Balaban J connectivity index is 1.23. The van der Waals surface area contributed by atoms with Gasteiger partial charge in [0.2, 0.25) is 5.88 Å². The molecule has 1 unspecified atom stereocenters. The van der Waals surface area contributed by atoms with E-state index in [1.54, 1.807) is 19.1 Å². The van der Waals surface area contributed by atoms with Crippen LogP contribution in [0, 0.1) is 18.6 Å². The zero-order valence-electron chi connectivity index (χ0n) is 24.5. The molecular weight excluding hydrogens is 569 g/mol. The molecule has 0 amide bonds. The number of hydrogen-bond donors (Lipinski definition) is 1. The Morgan fingerprint density at radius 1 is 1.09 bits per heavy atom. The molecule has 5 aliphatic rings. The summed E-state index contributed by atoms with van der Waals surface area (Å²) in [5.74, 6) is -0.206. The van der Waals surface area contributed by atoms with Crippen LogP contribution in [0.2, 0.25) is 0 Å². The van der Waals surface area contributed by atoms with Gasteiger partial charge in [0.15, 0.2) is 5.82 Å². The number of piperazine rings is 1. The molecular formula is C33H33F3N6O2. The van der Waals surface area contributed by atoms with Gasteiger partial charge in [0.25, 0.3) is 0 Å². The molecule has 5 atom stereocenters. The maximum Gasteiger partial charge on any atom is 0.319 e. The van der Waals surface area contributed by atoms with Crippen LogP contribution in [0.4, 0.5) is 19.0 Å². The second-order valence-corrected chi connectivity index (χ2v) is 13.2. The standard InChI is InChI=1S/C33H33F3N6O2/c1-17-22(35)8-6-18-4-2-5-21(25(17)18)28-27(36)29-26-30(42-14-20-7-9-23(37-20)24(42)15-43-31(26)38-28)40-32(39-29)44-16-33-10-3-11-41(33)13-19(34)12-33/h2,4-6,8,19-20,23-24,37H,3,7,9-16H2,1H3/t19-,20+,23-,24?,33+/m1/s1. The second-order valence-electron chi connectivity index (χ2n) is 13.2. The molecule has 4 saturated heterocycles. The summed E-state index contributed by atoms with van der Waals surface area (Å²) in [5.41, 5.74) is 0.575. The Morgan fingerprint density at radius 3 is 2.91 bits per heavy atom. The summed E-state index contributed by atoms with van der Waals surface area (Å²) in [6, 6.07) is 9.08. The van der Waals surface area contributed by atoms with Gasteiger partial charge in [0.1, 0.15) is 47.6 Å². The number of hydrogen-bond acceptors (Lipinski definition) is 8. The normalized spacial score (nSPS) is 29.1. The lowest BCUT2D eigenvalue weighted by atomic mass is 9.95. The topological polar surface area (TPSA) is 75.6 Å². The van der Waals surface area contributed by atoms with Crippen LogP contribution < -0.4 is 19.7 Å². The lowest BCUT2D eigenvalue weighted by molar-refractivity contribution is 0.107. The summed E-state index contributed by atoms with van der Waals surface area (Å²) in [6.45, 7) is 4.22. The fourth-order valence-electron chi connectivity index (χ4n) is 8.54. The Kier molecular flexibility index (Phi) is 5.85. The Bertz CT molecular complexity index is 1840. The molecule has 0 radical (unpaired) electrons. The van der Waals surface area contributed by atoms with Crippen LogP contribution in [0.3, 0.4) is 0 Å². The largest absolute Gasteiger partial charge is 0.475 e. The number of nitrogens with one attached hydrogen (secondary N) is 1. The lowest BCUT2D eigenvalue weighted by Gasteiger charge is -2.40. The van der Waals surface area contributed by atoms with Crippen LogP contribution in [0.5, 0.6) is 11.9 Å². The highest BCUT2D eigenvalue weighted by molar-refractivity contribution is 6.02. The number of alkyl halides is 1. The molecule has 1 N–H and O–H groups in total. The van der Waals surface area contributed by atoms with Gasteiger partial charge in [-0.2, -0.15) is 9.97 Å². The molecule has 0 spiro atoms. The van der Waals surface area contributed by atoms with Crippen molar-refractivity contribution in [3.63, 3.8) is 0 Å². The highest BCUT2D eigenvalue weighted by Gasteiger charge is 2.50. The van der Waals surface area contributed by atoms with Gasteiger partial charge in [0.05, 0.1) is 11.6 Å². The number of rotatable bonds is 4. The van der Waals surface area contributed by atoms with Gasteiger partial charge in [-0.1, -0.05) is 24.3 Å². The average Bonchev–Trinajstić information content (AvgIpc) is 3.66. The molecule has 2 aromatic carbocycles. The molecule has 228 valence electrons. The number of halogens is 3. The van der Waals surface area contributed by atoms with Crippen molar-refractivity contribution in [2.45, 2.75) is 68.9 Å². The van der Waals surface area contributed by atoms with E-state index in [9.17, 15) is 8.78 Å². The molecule has 0 aliphatic carbocycles. The fraction of sp³-hybridized carbons (Fsp3) is 0.485. The van der Waals surface area contributed by atoms with Gasteiger partial charge in [-0.15, -0.1) is 0 Å². The van der Waals surface area contributed by atoms with Crippen LogP contribution in [-0.2, 0) is 0 Å². The fourth-order valence-corrected chi connectivity index (χ4v) is 8.54. The molecule has 4 fully saturated rings. The quantitative estimate of drug-likeness (QED) is 0.347. The van der Waals surface area contributed by atoms with Gasteiger partial charge in [0, 0.05) is 37.2 Å². The SMILES string of the molecule is Cc1c(F)ccc2cccc(-c3nc4c5c(nc(OC[C@@]67CCCN6C[C@H](F)C7)nc5c3F)N3C[C@@H]5CC[C@@H](N5)C3CO4)c12. The van der Waals surface area contributed by atoms with Crippen molar-refractivity contribution < 1.29 is 22.6 Å². The number of pyridine rings is 1. The minimum Gasteiger partial charge on any atom is -0.475 e. The van der Waals surface area contributed by atoms with Crippen LogP contribution in [-0.4, -0.2) is 82.5 Å². The first-order valence-corrected chi connectivity index (χ1v) is 15.7. The minimum atomic E-state index is -0.891. The number of fused-ring (bicyclic) bond motifs is 7. The number of ether oxygens (including phenoxy) is 2. The van der Waals surface area contributed by atoms with E-state index in [4.69, 9.17) is 19.4 Å². The Morgan fingerprint density at radius 2 is 2.00 bits per heavy atom. The van der Waals surface area contributed by atoms with Crippen LogP contribution >= 0.6 is 0 Å². The lowest BCUT2D eigenvalue weighted by Crippen LogP contribution is -2.60. The third-order valence-electron chi connectivity index (χ3n) is 10.7. The van der Waals surface area contributed by atoms with Crippen molar-refractivity contribution >= 4 is 27.5 Å². The zero-order chi connectivity index (χ0) is 29.7. The van der Waals surface area contributed by atoms with E-state index < -0.39 is 17.5 Å². The predicted octanol–water partition coefficient (Wildman–Crippen LogP) is 5.09. The molecule has 5 aliphatic heterocycles. The van der Waals surface area contributed by atoms with Crippen molar-refractivity contribution in [1.82, 2.24) is 25.2 Å².